The maximum absolute atomic E-state index is 12.9. The number of nitrogens with one attached hydrogen (secondary N) is 2. The zero-order chi connectivity index (χ0) is 24.4. The number of aromatic amines is 1. The molecule has 7 nitrogen and oxygen atoms in total. The molecule has 7 heteroatoms. The van der Waals surface area contributed by atoms with Crippen molar-refractivity contribution < 1.29 is 19.1 Å². The van der Waals surface area contributed by atoms with Gasteiger partial charge >= 0.3 is 12.1 Å². The van der Waals surface area contributed by atoms with E-state index in [-0.39, 0.29) is 25.0 Å². The fourth-order valence-electron chi connectivity index (χ4n) is 4.69. The summed E-state index contributed by atoms with van der Waals surface area (Å²) in [5, 5.41) is 3.62. The first-order chi connectivity index (χ1) is 17.0. The number of amides is 1. The van der Waals surface area contributed by atoms with E-state index in [0.29, 0.717) is 0 Å². The smallest absolute Gasteiger partial charge is 0.407 e. The third-order valence-electron chi connectivity index (χ3n) is 6.23. The summed E-state index contributed by atoms with van der Waals surface area (Å²) in [6.07, 6.45) is 2.78. The Morgan fingerprint density at radius 2 is 1.69 bits per heavy atom. The molecule has 1 atom stereocenters. The van der Waals surface area contributed by atoms with Crippen molar-refractivity contribution in [2.24, 2.45) is 0 Å². The second kappa shape index (κ2) is 9.62. The number of carbonyl (C=O) groups is 2. The normalized spacial score (nSPS) is 13.3. The van der Waals surface area contributed by atoms with E-state index in [4.69, 9.17) is 9.47 Å². The number of aromatic nitrogens is 2. The highest BCUT2D eigenvalue weighted by Crippen LogP contribution is 2.44. The van der Waals surface area contributed by atoms with Gasteiger partial charge in [-0.2, -0.15) is 0 Å². The van der Waals surface area contributed by atoms with Gasteiger partial charge in [0, 0.05) is 30.1 Å². The Balaban J connectivity index is 1.31. The van der Waals surface area contributed by atoms with Crippen LogP contribution in [0.3, 0.4) is 0 Å². The zero-order valence-electron chi connectivity index (χ0n) is 19.7. The SMILES string of the molecule is CC(C)OC(=O)[C@@H](Cc1c[nH]c2ncccc12)NC(=O)OCC1c2ccccc2-c2ccccc21. The van der Waals surface area contributed by atoms with Gasteiger partial charge in [-0.25, -0.2) is 14.6 Å². The van der Waals surface area contributed by atoms with Crippen LogP contribution in [0, 0.1) is 0 Å². The molecule has 178 valence electrons. The molecule has 1 amide bonds. The number of hydrogen-bond acceptors (Lipinski definition) is 5. The number of benzene rings is 2. The molecule has 0 saturated heterocycles. The minimum absolute atomic E-state index is 0.0612. The Bertz CT molecular complexity index is 1330. The summed E-state index contributed by atoms with van der Waals surface area (Å²) in [4.78, 5) is 33.1. The summed E-state index contributed by atoms with van der Waals surface area (Å²) in [6.45, 7) is 3.72. The fourth-order valence-corrected chi connectivity index (χ4v) is 4.69. The van der Waals surface area contributed by atoms with Crippen LogP contribution in [-0.4, -0.2) is 40.8 Å². The van der Waals surface area contributed by atoms with Crippen LogP contribution in [-0.2, 0) is 20.7 Å². The molecule has 0 aliphatic heterocycles. The van der Waals surface area contributed by atoms with Gasteiger partial charge in [0.15, 0.2) is 0 Å². The topological polar surface area (TPSA) is 93.3 Å². The predicted octanol–water partition coefficient (Wildman–Crippen LogP) is 4.96. The first kappa shape index (κ1) is 22.7. The van der Waals surface area contributed by atoms with E-state index in [9.17, 15) is 9.59 Å². The largest absolute Gasteiger partial charge is 0.461 e. The molecule has 2 heterocycles. The number of carbonyl (C=O) groups excluding carboxylic acids is 2. The Kier molecular flexibility index (Phi) is 6.23. The van der Waals surface area contributed by atoms with Gasteiger partial charge in [-0.05, 0) is 53.8 Å². The van der Waals surface area contributed by atoms with Crippen molar-refractivity contribution in [1.29, 1.82) is 0 Å². The minimum Gasteiger partial charge on any atom is -0.461 e. The van der Waals surface area contributed by atoms with E-state index < -0.39 is 18.1 Å². The number of hydrogen-bond donors (Lipinski definition) is 2. The van der Waals surface area contributed by atoms with Crippen molar-refractivity contribution in [2.45, 2.75) is 38.3 Å². The van der Waals surface area contributed by atoms with Crippen molar-refractivity contribution >= 4 is 23.1 Å². The lowest BCUT2D eigenvalue weighted by Crippen LogP contribution is -2.44. The van der Waals surface area contributed by atoms with E-state index in [1.807, 2.05) is 36.4 Å². The fraction of sp³-hybridized carbons (Fsp3) is 0.250. The van der Waals surface area contributed by atoms with E-state index >= 15 is 0 Å². The number of fused-ring (bicyclic) bond motifs is 4. The Labute approximate surface area is 203 Å². The van der Waals surface area contributed by atoms with Crippen molar-refractivity contribution in [1.82, 2.24) is 15.3 Å². The maximum Gasteiger partial charge on any atom is 0.407 e. The molecular weight excluding hydrogens is 442 g/mol. The van der Waals surface area contributed by atoms with Crippen LogP contribution in [0.25, 0.3) is 22.2 Å². The van der Waals surface area contributed by atoms with E-state index in [1.165, 1.54) is 0 Å². The zero-order valence-corrected chi connectivity index (χ0v) is 19.7. The van der Waals surface area contributed by atoms with Crippen LogP contribution < -0.4 is 5.32 Å². The van der Waals surface area contributed by atoms with Crippen molar-refractivity contribution in [3.63, 3.8) is 0 Å². The summed E-state index contributed by atoms with van der Waals surface area (Å²) in [5.41, 5.74) is 6.15. The molecule has 0 saturated carbocycles. The van der Waals surface area contributed by atoms with Gasteiger partial charge in [-0.3, -0.25) is 0 Å². The van der Waals surface area contributed by atoms with E-state index in [0.717, 1.165) is 38.9 Å². The number of alkyl carbamates (subject to hydrolysis) is 1. The lowest BCUT2D eigenvalue weighted by Gasteiger charge is -2.20. The average molecular weight is 470 g/mol. The molecule has 35 heavy (non-hydrogen) atoms. The van der Waals surface area contributed by atoms with Gasteiger partial charge in [0.05, 0.1) is 6.10 Å². The van der Waals surface area contributed by atoms with Gasteiger partial charge in [-0.15, -0.1) is 0 Å². The first-order valence-electron chi connectivity index (χ1n) is 11.7. The predicted molar refractivity (Wildman–Crippen MR) is 133 cm³/mol. The Morgan fingerprint density at radius 1 is 1.00 bits per heavy atom. The molecule has 5 rings (SSSR count). The van der Waals surface area contributed by atoms with E-state index in [2.05, 4.69) is 39.6 Å². The maximum atomic E-state index is 12.9. The third-order valence-corrected chi connectivity index (χ3v) is 6.23. The molecule has 2 N–H and O–H groups in total. The number of rotatable bonds is 7. The molecule has 0 fully saturated rings. The molecule has 0 radical (unpaired) electrons. The molecule has 2 aromatic carbocycles. The van der Waals surface area contributed by atoms with Crippen LogP contribution >= 0.6 is 0 Å². The van der Waals surface area contributed by atoms with Crippen molar-refractivity contribution in [2.75, 3.05) is 6.61 Å². The number of esters is 1. The van der Waals surface area contributed by atoms with Crippen LogP contribution in [0.4, 0.5) is 4.79 Å². The van der Waals surface area contributed by atoms with Crippen molar-refractivity contribution in [3.05, 3.63) is 89.7 Å². The van der Waals surface area contributed by atoms with E-state index in [1.54, 1.807) is 26.2 Å². The number of H-pyrrole nitrogens is 1. The highest BCUT2D eigenvalue weighted by atomic mass is 16.6. The summed E-state index contributed by atoms with van der Waals surface area (Å²) >= 11 is 0. The molecule has 2 aromatic heterocycles. The summed E-state index contributed by atoms with van der Waals surface area (Å²) < 4.78 is 11.1. The quantitative estimate of drug-likeness (QED) is 0.373. The molecule has 0 unspecified atom stereocenters. The lowest BCUT2D eigenvalue weighted by atomic mass is 9.98. The molecule has 0 spiro atoms. The average Bonchev–Trinajstić information content (AvgIpc) is 3.41. The lowest BCUT2D eigenvalue weighted by molar-refractivity contribution is -0.149. The molecule has 4 aromatic rings. The van der Waals surface area contributed by atoms with Gasteiger partial charge < -0.3 is 19.8 Å². The first-order valence-corrected chi connectivity index (χ1v) is 11.7. The summed E-state index contributed by atoms with van der Waals surface area (Å²) in [7, 11) is 0. The summed E-state index contributed by atoms with van der Waals surface area (Å²) in [6, 6.07) is 19.2. The second-order valence-electron chi connectivity index (χ2n) is 8.93. The standard InChI is InChI=1S/C28H27N3O4/c1-17(2)35-27(32)25(14-18-15-30-26-19(18)12-7-13-29-26)31-28(33)34-16-24-22-10-5-3-8-20(22)21-9-4-6-11-23(21)24/h3-13,15,17,24-25H,14,16H2,1-2H3,(H,29,30)(H,31,33)/t25-/m1/s1. The highest BCUT2D eigenvalue weighted by Gasteiger charge is 2.30. The highest BCUT2D eigenvalue weighted by molar-refractivity contribution is 5.85. The van der Waals surface area contributed by atoms with Gasteiger partial charge in [0.25, 0.3) is 0 Å². The van der Waals surface area contributed by atoms with Crippen LogP contribution in [0.15, 0.2) is 73.1 Å². The number of nitrogens with zero attached hydrogens (tertiary/aromatic N) is 1. The van der Waals surface area contributed by atoms with Gasteiger partial charge in [-0.1, -0.05) is 48.5 Å². The van der Waals surface area contributed by atoms with Gasteiger partial charge in [0.2, 0.25) is 0 Å². The summed E-state index contributed by atoms with van der Waals surface area (Å²) in [5.74, 6) is -0.569. The monoisotopic (exact) mass is 469 g/mol. The minimum atomic E-state index is -0.896. The molecular formula is C28H27N3O4. The third kappa shape index (κ3) is 4.62. The van der Waals surface area contributed by atoms with Crippen LogP contribution in [0.2, 0.25) is 0 Å². The Morgan fingerprint density at radius 3 is 2.37 bits per heavy atom. The number of ether oxygens (including phenoxy) is 2. The van der Waals surface area contributed by atoms with Crippen LogP contribution in [0.5, 0.6) is 0 Å². The van der Waals surface area contributed by atoms with Gasteiger partial charge in [0.1, 0.15) is 18.3 Å². The molecule has 1 aliphatic rings. The second-order valence-corrected chi connectivity index (χ2v) is 8.93. The Hall–Kier alpha value is -4.13. The number of pyridine rings is 1. The van der Waals surface area contributed by atoms with Crippen molar-refractivity contribution in [3.8, 4) is 11.1 Å². The molecule has 1 aliphatic carbocycles. The van der Waals surface area contributed by atoms with Crippen LogP contribution in [0.1, 0.15) is 36.5 Å². The molecule has 0 bridgehead atoms.